The molecule has 0 bridgehead atoms. The van der Waals surface area contributed by atoms with E-state index in [2.05, 4.69) is 25.4 Å². The first-order valence-electron chi connectivity index (χ1n) is 6.70. The summed E-state index contributed by atoms with van der Waals surface area (Å²) in [5, 5.41) is 0.765. The van der Waals surface area contributed by atoms with Crippen LogP contribution in [-0.4, -0.2) is 14.8 Å². The van der Waals surface area contributed by atoms with Crippen LogP contribution in [0.1, 0.15) is 6.99 Å². The van der Waals surface area contributed by atoms with Crippen molar-refractivity contribution in [3.8, 4) is 5.75 Å². The predicted molar refractivity (Wildman–Crippen MR) is 100 cm³/mol. The first kappa shape index (κ1) is 22.5. The Labute approximate surface area is 181 Å². The number of nitrogen functional groups attached to an aromatic ring is 1. The second kappa shape index (κ2) is 9.44. The van der Waals surface area contributed by atoms with Crippen LogP contribution in [0.25, 0.3) is 10.9 Å². The summed E-state index contributed by atoms with van der Waals surface area (Å²) in [6, 6.07) is 11.2. The van der Waals surface area contributed by atoms with E-state index in [-0.39, 0.29) is 36.7 Å². The molecule has 5 N–H and O–H groups in total. The molecular weight excluding hydrogens is 441 g/mol. The van der Waals surface area contributed by atoms with Crippen LogP contribution in [0.2, 0.25) is 5.02 Å². The second-order valence-corrected chi connectivity index (χ2v) is 7.33. The van der Waals surface area contributed by atoms with Crippen LogP contribution in [0.3, 0.4) is 0 Å². The number of nitrogens with one attached hydrogen (secondary N) is 1. The van der Waals surface area contributed by atoms with E-state index in [9.17, 15) is 4.57 Å². The van der Waals surface area contributed by atoms with Gasteiger partial charge in [-0.05, 0) is 47.1 Å². The summed E-state index contributed by atoms with van der Waals surface area (Å²) in [6.07, 6.45) is 1.35. The van der Waals surface area contributed by atoms with Crippen molar-refractivity contribution in [1.82, 2.24) is 4.98 Å². The molecule has 0 saturated heterocycles. The summed E-state index contributed by atoms with van der Waals surface area (Å²) in [5.41, 5.74) is 8.14. The Morgan fingerprint density at radius 1 is 1.24 bits per heavy atom. The number of H-pyrrole nitrogens is 1. The number of aromatic amines is 1. The van der Waals surface area contributed by atoms with E-state index in [0.717, 1.165) is 5.69 Å². The Hall–Kier alpha value is -0.500. The third-order valence-corrected chi connectivity index (χ3v) is 4.71. The minimum atomic E-state index is -4.59. The number of benzene rings is 2. The summed E-state index contributed by atoms with van der Waals surface area (Å²) >= 11 is 9.22. The molecule has 0 aliphatic carbocycles. The quantitative estimate of drug-likeness (QED) is 0.266. The van der Waals surface area contributed by atoms with E-state index in [1.807, 2.05) is 31.2 Å². The van der Waals surface area contributed by atoms with E-state index in [1.165, 1.54) is 11.8 Å². The Bertz CT molecular complexity index is 884. The summed E-state index contributed by atoms with van der Waals surface area (Å²) < 4.78 is 15.9. The number of rotatable bonds is 2. The first-order chi connectivity index (χ1) is 11.2. The van der Waals surface area contributed by atoms with Crippen molar-refractivity contribution in [2.45, 2.75) is 6.92 Å². The monoisotopic (exact) mass is 456 g/mol. The standard InChI is InChI=1S/C8H6BrClNO4P.C7H9N.Na.H/c9-4-1-2-5-7(8(4)10)6(3-11-5)15-16(12,13)14;1-6-2-4-7(8)5-3-6;;/h1-3,11H,(H2,12,13,14);2-5H,8H2,1H3;;/q;;+1;-1. The molecule has 0 radical (unpaired) electrons. The van der Waals surface area contributed by atoms with Crippen molar-refractivity contribution in [3.63, 3.8) is 0 Å². The number of aryl methyl sites for hydroxylation is 1. The number of nitrogens with two attached hydrogens (primary N) is 1. The van der Waals surface area contributed by atoms with Crippen molar-refractivity contribution in [2.75, 3.05) is 5.73 Å². The van der Waals surface area contributed by atoms with Crippen LogP contribution in [0, 0.1) is 6.92 Å². The molecule has 10 heteroatoms. The van der Waals surface area contributed by atoms with Crippen molar-refractivity contribution in [2.24, 2.45) is 0 Å². The zero-order valence-corrected chi connectivity index (χ0v) is 18.8. The van der Waals surface area contributed by atoms with Gasteiger partial charge < -0.3 is 16.7 Å². The van der Waals surface area contributed by atoms with Crippen LogP contribution >= 0.6 is 35.4 Å². The van der Waals surface area contributed by atoms with E-state index in [4.69, 9.17) is 27.1 Å². The van der Waals surface area contributed by atoms with E-state index >= 15 is 0 Å². The van der Waals surface area contributed by atoms with E-state index in [0.29, 0.717) is 20.4 Å². The fraction of sp³-hybridized carbons (Fsp3) is 0.0667. The molecule has 0 atom stereocenters. The maximum absolute atomic E-state index is 10.7. The van der Waals surface area contributed by atoms with Crippen LogP contribution in [-0.2, 0) is 4.57 Å². The summed E-state index contributed by atoms with van der Waals surface area (Å²) in [5.74, 6) is 0.0228. The smallest absolute Gasteiger partial charge is 1.00 e. The maximum atomic E-state index is 10.7. The molecule has 0 spiro atoms. The molecule has 0 aliphatic rings. The van der Waals surface area contributed by atoms with Crippen LogP contribution in [0.5, 0.6) is 5.75 Å². The zero-order valence-electron chi connectivity index (χ0n) is 14.5. The van der Waals surface area contributed by atoms with Crippen molar-refractivity contribution in [3.05, 3.63) is 57.7 Å². The predicted octanol–water partition coefficient (Wildman–Crippen LogP) is 1.75. The number of halogens is 2. The molecule has 0 amide bonds. The van der Waals surface area contributed by atoms with Crippen molar-refractivity contribution < 1.29 is 49.9 Å². The van der Waals surface area contributed by atoms with Gasteiger partial charge >= 0.3 is 37.4 Å². The second-order valence-electron chi connectivity index (χ2n) is 4.93. The number of hydrogen-bond donors (Lipinski definition) is 4. The van der Waals surface area contributed by atoms with Crippen LogP contribution < -0.4 is 39.8 Å². The third kappa shape index (κ3) is 6.62. The molecule has 1 aromatic heterocycles. The Morgan fingerprint density at radius 3 is 2.36 bits per heavy atom. The fourth-order valence-electron chi connectivity index (χ4n) is 1.89. The molecule has 25 heavy (non-hydrogen) atoms. The molecule has 1 heterocycles. The number of anilines is 1. The Morgan fingerprint density at radius 2 is 1.84 bits per heavy atom. The van der Waals surface area contributed by atoms with Gasteiger partial charge in [-0.2, -0.15) is 0 Å². The fourth-order valence-corrected chi connectivity index (χ4v) is 2.88. The van der Waals surface area contributed by atoms with Crippen LogP contribution in [0.15, 0.2) is 47.1 Å². The van der Waals surface area contributed by atoms with Crippen LogP contribution in [0.4, 0.5) is 5.69 Å². The van der Waals surface area contributed by atoms with Gasteiger partial charge in [-0.3, -0.25) is 9.79 Å². The topological polar surface area (TPSA) is 109 Å². The minimum absolute atomic E-state index is 0. The molecular formula is C15H16BrClN2NaO4P. The van der Waals surface area contributed by atoms with Gasteiger partial charge in [0.05, 0.1) is 15.9 Å². The average Bonchev–Trinajstić information content (AvgIpc) is 2.88. The number of phosphoric ester groups is 1. The van der Waals surface area contributed by atoms with E-state index < -0.39 is 7.82 Å². The normalized spacial score (nSPS) is 10.6. The summed E-state index contributed by atoms with van der Waals surface area (Å²) in [4.78, 5) is 20.3. The molecule has 6 nitrogen and oxygen atoms in total. The van der Waals surface area contributed by atoms with Gasteiger partial charge in [0.25, 0.3) is 0 Å². The van der Waals surface area contributed by atoms with Gasteiger partial charge in [0, 0.05) is 16.4 Å². The van der Waals surface area contributed by atoms with E-state index in [1.54, 1.807) is 12.1 Å². The molecule has 2 aromatic carbocycles. The molecule has 0 aliphatic heterocycles. The van der Waals surface area contributed by atoms with Gasteiger partial charge in [-0.1, -0.05) is 29.3 Å². The Balaban J connectivity index is 0.000000536. The summed E-state index contributed by atoms with van der Waals surface area (Å²) in [6.45, 7) is 2.04. The number of fused-ring (bicyclic) bond motifs is 1. The molecule has 3 aromatic rings. The summed E-state index contributed by atoms with van der Waals surface area (Å²) in [7, 11) is -4.59. The minimum Gasteiger partial charge on any atom is -1.00 e. The molecule has 0 unspecified atom stereocenters. The maximum Gasteiger partial charge on any atom is 1.00 e. The van der Waals surface area contributed by atoms with Gasteiger partial charge in [0.15, 0.2) is 5.75 Å². The number of aromatic nitrogens is 1. The van der Waals surface area contributed by atoms with Crippen molar-refractivity contribution in [1.29, 1.82) is 0 Å². The number of phosphoric acid groups is 1. The zero-order chi connectivity index (χ0) is 17.9. The van der Waals surface area contributed by atoms with Gasteiger partial charge in [0.2, 0.25) is 0 Å². The largest absolute Gasteiger partial charge is 1.00 e. The first-order valence-corrected chi connectivity index (χ1v) is 9.40. The third-order valence-electron chi connectivity index (χ3n) is 2.99. The SMILES string of the molecule is Cc1ccc(N)cc1.O=P(O)(O)Oc1c[nH]c2ccc(Br)c(Cl)c12.[H-].[Na+]. The van der Waals surface area contributed by atoms with Crippen molar-refractivity contribution >= 4 is 51.9 Å². The number of hydrogen-bond acceptors (Lipinski definition) is 3. The Kier molecular flexibility index (Phi) is 8.51. The van der Waals surface area contributed by atoms with Gasteiger partial charge in [-0.15, -0.1) is 0 Å². The molecule has 3 rings (SSSR count). The van der Waals surface area contributed by atoms with Gasteiger partial charge in [0.1, 0.15) is 0 Å². The molecule has 0 saturated carbocycles. The van der Waals surface area contributed by atoms with Gasteiger partial charge in [-0.25, -0.2) is 4.57 Å². The molecule has 0 fully saturated rings. The molecule has 130 valence electrons. The average molecular weight is 458 g/mol.